The van der Waals surface area contributed by atoms with E-state index >= 15 is 0 Å². The van der Waals surface area contributed by atoms with Crippen LogP contribution in [-0.2, 0) is 10.2 Å². The van der Waals surface area contributed by atoms with Gasteiger partial charge in [-0.05, 0) is 23.8 Å². The molecule has 0 unspecified atom stereocenters. The molecule has 134 valence electrons. The third kappa shape index (κ3) is 2.39. The van der Waals surface area contributed by atoms with Gasteiger partial charge in [-0.1, -0.05) is 37.3 Å². The summed E-state index contributed by atoms with van der Waals surface area (Å²) < 4.78 is 17.3. The van der Waals surface area contributed by atoms with Gasteiger partial charge in [0.25, 0.3) is 0 Å². The van der Waals surface area contributed by atoms with Gasteiger partial charge in [0.05, 0.1) is 10.9 Å². The average Bonchev–Trinajstić information content (AvgIpc) is 2.63. The van der Waals surface area contributed by atoms with Crippen LogP contribution >= 0.6 is 0 Å². The van der Waals surface area contributed by atoms with Crippen LogP contribution in [0.2, 0.25) is 0 Å². The minimum atomic E-state index is -0.927. The first-order valence-corrected chi connectivity index (χ1v) is 8.46. The van der Waals surface area contributed by atoms with E-state index in [0.717, 1.165) is 5.56 Å². The molecule has 0 saturated heterocycles. The smallest absolute Gasteiger partial charge is 0.344 e. The average molecular weight is 352 g/mol. The number of methoxy groups -OCH3 is 1. The number of rotatable bonds is 2. The van der Waals surface area contributed by atoms with Crippen LogP contribution in [0.15, 0.2) is 57.7 Å². The van der Waals surface area contributed by atoms with Crippen molar-refractivity contribution in [2.45, 2.75) is 31.5 Å². The van der Waals surface area contributed by atoms with Crippen molar-refractivity contribution in [2.24, 2.45) is 0 Å². The van der Waals surface area contributed by atoms with Crippen molar-refractivity contribution in [1.29, 1.82) is 0 Å². The molecular formula is C21H20O5. The number of aromatic hydroxyl groups is 1. The van der Waals surface area contributed by atoms with Gasteiger partial charge in [0.15, 0.2) is 0 Å². The number of phenolic OH excluding ortho intramolecular Hbond substituents is 1. The van der Waals surface area contributed by atoms with Crippen LogP contribution in [0.4, 0.5) is 0 Å². The molecule has 0 spiro atoms. The van der Waals surface area contributed by atoms with Crippen LogP contribution in [-0.4, -0.2) is 18.0 Å². The first-order chi connectivity index (χ1) is 12.4. The van der Waals surface area contributed by atoms with Gasteiger partial charge >= 0.3 is 5.63 Å². The van der Waals surface area contributed by atoms with E-state index < -0.39 is 16.8 Å². The van der Waals surface area contributed by atoms with E-state index in [1.54, 1.807) is 19.2 Å². The molecule has 26 heavy (non-hydrogen) atoms. The highest BCUT2D eigenvalue weighted by molar-refractivity contribution is 5.86. The summed E-state index contributed by atoms with van der Waals surface area (Å²) in [6.45, 7) is 3.84. The summed E-state index contributed by atoms with van der Waals surface area (Å²) in [5.41, 5.74) is 0.667. The van der Waals surface area contributed by atoms with Gasteiger partial charge in [-0.25, -0.2) is 4.79 Å². The van der Waals surface area contributed by atoms with E-state index in [0.29, 0.717) is 28.7 Å². The molecule has 1 N–H and O–H groups in total. The van der Waals surface area contributed by atoms with Gasteiger partial charge in [0, 0.05) is 25.9 Å². The molecule has 4 rings (SSSR count). The SMILES string of the molecule is CO[C@]1(C)C[C@](C)(c2ccccc2)c2c(c3cc(O)ccc3oc2=O)O1. The normalized spacial score (nSPS) is 24.9. The minimum Gasteiger partial charge on any atom is -0.508 e. The molecular weight excluding hydrogens is 332 g/mol. The van der Waals surface area contributed by atoms with Crippen LogP contribution < -0.4 is 10.4 Å². The van der Waals surface area contributed by atoms with Crippen molar-refractivity contribution >= 4 is 11.0 Å². The molecule has 0 saturated carbocycles. The fourth-order valence-electron chi connectivity index (χ4n) is 3.89. The third-order valence-electron chi connectivity index (χ3n) is 5.23. The van der Waals surface area contributed by atoms with Crippen molar-refractivity contribution in [3.8, 4) is 11.5 Å². The molecule has 5 heteroatoms. The first kappa shape index (κ1) is 16.7. The van der Waals surface area contributed by atoms with Crippen molar-refractivity contribution in [1.82, 2.24) is 0 Å². The standard InChI is InChI=1S/C21H20O5/c1-20(13-7-5-4-6-8-13)12-21(2,24-3)26-18-15-11-14(22)9-10-16(15)25-19(23)17(18)20/h4-11,22H,12H2,1-3H3/t20-,21+/m1/s1. The predicted octanol–water partition coefficient (Wildman–Crippen LogP) is 3.95. The maximum atomic E-state index is 12.9. The van der Waals surface area contributed by atoms with E-state index in [9.17, 15) is 9.90 Å². The molecule has 0 amide bonds. The second kappa shape index (κ2) is 5.61. The molecule has 1 aromatic heterocycles. The first-order valence-electron chi connectivity index (χ1n) is 8.46. The largest absolute Gasteiger partial charge is 0.508 e. The Hall–Kier alpha value is -2.79. The molecule has 0 fully saturated rings. The number of fused-ring (bicyclic) bond motifs is 3. The maximum Gasteiger partial charge on any atom is 0.344 e. The van der Waals surface area contributed by atoms with Crippen LogP contribution in [0.3, 0.4) is 0 Å². The van der Waals surface area contributed by atoms with Crippen LogP contribution in [0.25, 0.3) is 11.0 Å². The zero-order valence-corrected chi connectivity index (χ0v) is 14.9. The molecule has 1 aliphatic heterocycles. The predicted molar refractivity (Wildman–Crippen MR) is 97.7 cm³/mol. The molecule has 5 nitrogen and oxygen atoms in total. The lowest BCUT2D eigenvalue weighted by atomic mass is 9.70. The number of ether oxygens (including phenoxy) is 2. The van der Waals surface area contributed by atoms with E-state index in [4.69, 9.17) is 13.9 Å². The van der Waals surface area contributed by atoms with E-state index in [1.807, 2.05) is 44.2 Å². The zero-order valence-electron chi connectivity index (χ0n) is 14.9. The number of benzene rings is 2. The number of hydrogen-bond donors (Lipinski definition) is 1. The summed E-state index contributed by atoms with van der Waals surface area (Å²) in [5.74, 6) is -0.457. The quantitative estimate of drug-likeness (QED) is 0.707. The highest BCUT2D eigenvalue weighted by atomic mass is 16.7. The molecule has 0 aliphatic carbocycles. The minimum absolute atomic E-state index is 0.0725. The second-order valence-electron chi connectivity index (χ2n) is 7.09. The van der Waals surface area contributed by atoms with Crippen LogP contribution in [0, 0.1) is 0 Å². The molecule has 3 aromatic rings. The summed E-state index contributed by atoms with van der Waals surface area (Å²) in [6.07, 6.45) is 0.447. The fourth-order valence-corrected chi connectivity index (χ4v) is 3.89. The lowest BCUT2D eigenvalue weighted by Crippen LogP contribution is -2.49. The number of phenols is 1. The fraction of sp³-hybridized carbons (Fsp3) is 0.286. The van der Waals surface area contributed by atoms with Crippen molar-refractivity contribution in [3.05, 3.63) is 70.1 Å². The Kier molecular flexibility index (Phi) is 3.59. The van der Waals surface area contributed by atoms with Crippen molar-refractivity contribution in [3.63, 3.8) is 0 Å². The summed E-state index contributed by atoms with van der Waals surface area (Å²) in [5, 5.41) is 10.5. The molecule has 0 bridgehead atoms. The summed E-state index contributed by atoms with van der Waals surface area (Å²) in [6, 6.07) is 14.4. The Morgan fingerprint density at radius 1 is 1.12 bits per heavy atom. The molecule has 2 atom stereocenters. The lowest BCUT2D eigenvalue weighted by molar-refractivity contribution is -0.170. The van der Waals surface area contributed by atoms with E-state index in [2.05, 4.69) is 0 Å². The molecule has 2 aromatic carbocycles. The Bertz CT molecular complexity index is 1040. The van der Waals surface area contributed by atoms with Gasteiger partial charge < -0.3 is 19.0 Å². The summed E-state index contributed by atoms with van der Waals surface area (Å²) in [4.78, 5) is 12.9. The maximum absolute atomic E-state index is 12.9. The Morgan fingerprint density at radius 2 is 1.85 bits per heavy atom. The second-order valence-corrected chi connectivity index (χ2v) is 7.09. The van der Waals surface area contributed by atoms with Gasteiger partial charge in [-0.2, -0.15) is 0 Å². The molecule has 0 radical (unpaired) electrons. The topological polar surface area (TPSA) is 68.9 Å². The summed E-state index contributed by atoms with van der Waals surface area (Å²) >= 11 is 0. The molecule has 1 aliphatic rings. The van der Waals surface area contributed by atoms with Gasteiger partial charge in [-0.15, -0.1) is 0 Å². The monoisotopic (exact) mass is 352 g/mol. The van der Waals surface area contributed by atoms with Crippen molar-refractivity contribution in [2.75, 3.05) is 7.11 Å². The van der Waals surface area contributed by atoms with Crippen LogP contribution in [0.5, 0.6) is 11.5 Å². The van der Waals surface area contributed by atoms with E-state index in [-0.39, 0.29) is 5.75 Å². The Morgan fingerprint density at radius 3 is 2.54 bits per heavy atom. The summed E-state index contributed by atoms with van der Waals surface area (Å²) in [7, 11) is 1.58. The third-order valence-corrected chi connectivity index (χ3v) is 5.23. The van der Waals surface area contributed by atoms with Gasteiger partial charge in [0.1, 0.15) is 17.1 Å². The van der Waals surface area contributed by atoms with E-state index in [1.165, 1.54) is 6.07 Å². The zero-order chi connectivity index (χ0) is 18.5. The van der Waals surface area contributed by atoms with Crippen molar-refractivity contribution < 1.29 is 19.0 Å². The molecule has 2 heterocycles. The Balaban J connectivity index is 2.11. The lowest BCUT2D eigenvalue weighted by Gasteiger charge is -2.44. The van der Waals surface area contributed by atoms with Gasteiger partial charge in [-0.3, -0.25) is 0 Å². The highest BCUT2D eigenvalue weighted by Gasteiger charge is 2.48. The van der Waals surface area contributed by atoms with Crippen LogP contribution in [0.1, 0.15) is 31.4 Å². The van der Waals surface area contributed by atoms with Gasteiger partial charge in [0.2, 0.25) is 5.79 Å². The number of hydrogen-bond acceptors (Lipinski definition) is 5. The highest BCUT2D eigenvalue weighted by Crippen LogP contribution is 2.50. The Labute approximate surface area is 150 Å².